The third-order valence-corrected chi connectivity index (χ3v) is 4.43. The lowest BCUT2D eigenvalue weighted by atomic mass is 9.88. The molecule has 0 radical (unpaired) electrons. The summed E-state index contributed by atoms with van der Waals surface area (Å²) in [6, 6.07) is 11.8. The Hall–Kier alpha value is -2.95. The first kappa shape index (κ1) is 17.9. The summed E-state index contributed by atoms with van der Waals surface area (Å²) >= 11 is 0. The number of anilines is 1. The zero-order valence-electron chi connectivity index (χ0n) is 15.3. The lowest BCUT2D eigenvalue weighted by Crippen LogP contribution is -2.15. The number of hydrogen-bond donors (Lipinski definition) is 1. The average Bonchev–Trinajstić information content (AvgIpc) is 2.67. The molecule has 1 aliphatic carbocycles. The number of amides is 1. The Labute approximate surface area is 153 Å². The fourth-order valence-corrected chi connectivity index (χ4v) is 3.12. The van der Waals surface area contributed by atoms with E-state index in [4.69, 9.17) is 14.2 Å². The lowest BCUT2D eigenvalue weighted by molar-refractivity contribution is 0.168. The highest BCUT2D eigenvalue weighted by Crippen LogP contribution is 2.36. The van der Waals surface area contributed by atoms with Crippen LogP contribution in [0, 0.1) is 0 Å². The van der Waals surface area contributed by atoms with Crippen molar-refractivity contribution in [3.8, 4) is 11.5 Å². The molecule has 1 aliphatic rings. The molecule has 26 heavy (non-hydrogen) atoms. The summed E-state index contributed by atoms with van der Waals surface area (Å²) in [4.78, 5) is 11.9. The third kappa shape index (κ3) is 3.82. The van der Waals surface area contributed by atoms with Crippen LogP contribution in [0.2, 0.25) is 0 Å². The van der Waals surface area contributed by atoms with E-state index in [2.05, 4.69) is 23.5 Å². The number of hydrogen-bond acceptors (Lipinski definition) is 4. The SMILES string of the molecule is CCOC(=O)Nc1cc(OC)ccc1C1=Cc2ccc(OC)cc2CC1. The summed E-state index contributed by atoms with van der Waals surface area (Å²) < 4.78 is 15.6. The number of aryl methyl sites for hydroxylation is 1. The van der Waals surface area contributed by atoms with Gasteiger partial charge >= 0.3 is 6.09 Å². The number of methoxy groups -OCH3 is 2. The van der Waals surface area contributed by atoms with Crippen molar-refractivity contribution in [3.05, 3.63) is 53.1 Å². The van der Waals surface area contributed by atoms with Crippen molar-refractivity contribution in [1.29, 1.82) is 0 Å². The maximum Gasteiger partial charge on any atom is 0.411 e. The monoisotopic (exact) mass is 353 g/mol. The normalized spacial score (nSPS) is 12.7. The van der Waals surface area contributed by atoms with Gasteiger partial charge in [0.15, 0.2) is 0 Å². The van der Waals surface area contributed by atoms with E-state index in [1.54, 1.807) is 21.1 Å². The maximum atomic E-state index is 11.9. The number of carbonyl (C=O) groups is 1. The fourth-order valence-electron chi connectivity index (χ4n) is 3.12. The van der Waals surface area contributed by atoms with Crippen LogP contribution < -0.4 is 14.8 Å². The van der Waals surface area contributed by atoms with Crippen LogP contribution in [0.3, 0.4) is 0 Å². The first-order chi connectivity index (χ1) is 12.6. The van der Waals surface area contributed by atoms with Gasteiger partial charge in [-0.15, -0.1) is 0 Å². The third-order valence-electron chi connectivity index (χ3n) is 4.43. The molecule has 2 aromatic carbocycles. The van der Waals surface area contributed by atoms with Crippen LogP contribution in [0.5, 0.6) is 11.5 Å². The molecule has 0 aromatic heterocycles. The topological polar surface area (TPSA) is 56.8 Å². The Morgan fingerprint density at radius 2 is 1.77 bits per heavy atom. The second-order valence-corrected chi connectivity index (χ2v) is 5.99. The molecule has 0 saturated carbocycles. The first-order valence-corrected chi connectivity index (χ1v) is 8.64. The Kier molecular flexibility index (Phi) is 5.46. The standard InChI is InChI=1S/C21H23NO4/c1-4-26-21(23)22-20-13-18(25-3)9-10-19(20)16-6-5-15-12-17(24-2)8-7-14(15)11-16/h7-13H,4-6H2,1-3H3,(H,22,23). The number of ether oxygens (including phenoxy) is 3. The van der Waals surface area contributed by atoms with E-state index in [0.29, 0.717) is 18.0 Å². The van der Waals surface area contributed by atoms with E-state index in [1.807, 2.05) is 24.3 Å². The molecule has 1 amide bonds. The highest BCUT2D eigenvalue weighted by atomic mass is 16.5. The molecule has 0 fully saturated rings. The Morgan fingerprint density at radius 3 is 2.50 bits per heavy atom. The minimum absolute atomic E-state index is 0.322. The quantitative estimate of drug-likeness (QED) is 0.842. The molecular weight excluding hydrogens is 330 g/mol. The van der Waals surface area contributed by atoms with Gasteiger partial charge in [0.2, 0.25) is 0 Å². The van der Waals surface area contributed by atoms with Crippen molar-refractivity contribution >= 4 is 23.4 Å². The summed E-state index contributed by atoms with van der Waals surface area (Å²) in [5.74, 6) is 1.55. The Morgan fingerprint density at radius 1 is 1.04 bits per heavy atom. The van der Waals surface area contributed by atoms with Crippen LogP contribution in [0.25, 0.3) is 11.6 Å². The van der Waals surface area contributed by atoms with Gasteiger partial charge < -0.3 is 14.2 Å². The molecule has 5 heteroatoms. The number of nitrogens with one attached hydrogen (secondary N) is 1. The van der Waals surface area contributed by atoms with Crippen LogP contribution in [0.15, 0.2) is 36.4 Å². The van der Waals surface area contributed by atoms with Crippen molar-refractivity contribution < 1.29 is 19.0 Å². The molecule has 0 aliphatic heterocycles. The largest absolute Gasteiger partial charge is 0.497 e. The zero-order chi connectivity index (χ0) is 18.5. The predicted octanol–water partition coefficient (Wildman–Crippen LogP) is 4.76. The molecule has 0 bridgehead atoms. The van der Waals surface area contributed by atoms with Crippen molar-refractivity contribution in [1.82, 2.24) is 0 Å². The predicted molar refractivity (Wildman–Crippen MR) is 103 cm³/mol. The van der Waals surface area contributed by atoms with E-state index in [1.165, 1.54) is 11.1 Å². The average molecular weight is 353 g/mol. The molecule has 0 heterocycles. The molecule has 3 rings (SSSR count). The molecule has 0 unspecified atom stereocenters. The number of rotatable bonds is 5. The Bertz CT molecular complexity index is 842. The van der Waals surface area contributed by atoms with Crippen molar-refractivity contribution in [3.63, 3.8) is 0 Å². The molecular formula is C21H23NO4. The molecule has 136 valence electrons. The van der Waals surface area contributed by atoms with Gasteiger partial charge in [-0.2, -0.15) is 0 Å². The molecule has 0 saturated heterocycles. The Balaban J connectivity index is 1.97. The maximum absolute atomic E-state index is 11.9. The second kappa shape index (κ2) is 7.95. The summed E-state index contributed by atoms with van der Waals surface area (Å²) in [6.07, 6.45) is 3.49. The first-order valence-electron chi connectivity index (χ1n) is 8.64. The summed E-state index contributed by atoms with van der Waals surface area (Å²) in [7, 11) is 3.28. The summed E-state index contributed by atoms with van der Waals surface area (Å²) in [6.45, 7) is 2.10. The molecule has 5 nitrogen and oxygen atoms in total. The van der Waals surface area contributed by atoms with E-state index < -0.39 is 6.09 Å². The fraction of sp³-hybridized carbons (Fsp3) is 0.286. The van der Waals surface area contributed by atoms with Crippen LogP contribution in [0.1, 0.15) is 30.0 Å². The van der Waals surface area contributed by atoms with Crippen LogP contribution in [-0.2, 0) is 11.2 Å². The number of fused-ring (bicyclic) bond motifs is 1. The summed E-state index contributed by atoms with van der Waals surface area (Å²) in [5, 5.41) is 2.82. The lowest BCUT2D eigenvalue weighted by Gasteiger charge is -2.20. The number of allylic oxidation sites excluding steroid dienone is 1. The highest BCUT2D eigenvalue weighted by Gasteiger charge is 2.17. The van der Waals surface area contributed by atoms with Gasteiger partial charge in [0.05, 0.1) is 26.5 Å². The van der Waals surface area contributed by atoms with E-state index >= 15 is 0 Å². The van der Waals surface area contributed by atoms with Crippen LogP contribution in [0.4, 0.5) is 10.5 Å². The molecule has 0 spiro atoms. The van der Waals surface area contributed by atoms with Gasteiger partial charge in [0.25, 0.3) is 0 Å². The number of benzene rings is 2. The second-order valence-electron chi connectivity index (χ2n) is 5.99. The van der Waals surface area contributed by atoms with E-state index in [0.717, 1.165) is 29.7 Å². The van der Waals surface area contributed by atoms with E-state index in [-0.39, 0.29) is 0 Å². The van der Waals surface area contributed by atoms with Gasteiger partial charge in [-0.05, 0) is 60.7 Å². The van der Waals surface area contributed by atoms with Crippen molar-refractivity contribution in [2.75, 3.05) is 26.1 Å². The van der Waals surface area contributed by atoms with Gasteiger partial charge in [-0.1, -0.05) is 12.1 Å². The van der Waals surface area contributed by atoms with Crippen LogP contribution >= 0.6 is 0 Å². The van der Waals surface area contributed by atoms with Crippen molar-refractivity contribution in [2.45, 2.75) is 19.8 Å². The van der Waals surface area contributed by atoms with Gasteiger partial charge in [-0.25, -0.2) is 4.79 Å². The van der Waals surface area contributed by atoms with Gasteiger partial charge in [0, 0.05) is 11.6 Å². The van der Waals surface area contributed by atoms with Gasteiger partial charge in [-0.3, -0.25) is 5.32 Å². The molecule has 0 atom stereocenters. The zero-order valence-corrected chi connectivity index (χ0v) is 15.3. The number of carbonyl (C=O) groups excluding carboxylic acids is 1. The smallest absolute Gasteiger partial charge is 0.411 e. The van der Waals surface area contributed by atoms with Crippen molar-refractivity contribution in [2.24, 2.45) is 0 Å². The van der Waals surface area contributed by atoms with Crippen LogP contribution in [-0.4, -0.2) is 26.9 Å². The summed E-state index contributed by atoms with van der Waals surface area (Å²) in [5.41, 5.74) is 5.26. The van der Waals surface area contributed by atoms with Gasteiger partial charge in [0.1, 0.15) is 11.5 Å². The molecule has 2 aromatic rings. The minimum Gasteiger partial charge on any atom is -0.497 e. The minimum atomic E-state index is -0.469. The highest BCUT2D eigenvalue weighted by molar-refractivity contribution is 5.94. The van der Waals surface area contributed by atoms with E-state index in [9.17, 15) is 4.79 Å². The molecule has 1 N–H and O–H groups in total.